The summed E-state index contributed by atoms with van der Waals surface area (Å²) in [6, 6.07) is 12.0. The van der Waals surface area contributed by atoms with E-state index in [1.54, 1.807) is 27.9 Å². The minimum atomic E-state index is -1.04. The number of hydrogen-bond acceptors (Lipinski definition) is 10. The number of hydrogen-bond donors (Lipinski definition) is 1. The Morgan fingerprint density at radius 3 is 2.20 bits per heavy atom. The molecule has 1 heterocycles. The lowest BCUT2D eigenvalue weighted by atomic mass is 10.0. The fraction of sp³-hybridized carbons (Fsp3) is 0.417. The van der Waals surface area contributed by atoms with Crippen LogP contribution in [0.1, 0.15) is 26.3 Å². The number of non-ortho nitro benzene ring substituents is 1. The van der Waals surface area contributed by atoms with E-state index >= 15 is 0 Å². The van der Waals surface area contributed by atoms with Crippen molar-refractivity contribution in [3.63, 3.8) is 0 Å². The van der Waals surface area contributed by atoms with Crippen LogP contribution in [-0.4, -0.2) is 54.7 Å². The Kier molecular flexibility index (Phi) is 8.13. The van der Waals surface area contributed by atoms with Gasteiger partial charge in [-0.15, -0.1) is 0 Å². The van der Waals surface area contributed by atoms with E-state index in [1.165, 1.54) is 24.3 Å². The van der Waals surface area contributed by atoms with Crippen LogP contribution in [0.3, 0.4) is 0 Å². The predicted octanol–water partition coefficient (Wildman–Crippen LogP) is 4.02. The summed E-state index contributed by atoms with van der Waals surface area (Å²) >= 11 is 0. The van der Waals surface area contributed by atoms with Crippen LogP contribution in [0.5, 0.6) is 11.5 Å². The van der Waals surface area contributed by atoms with Gasteiger partial charge in [-0.1, -0.05) is 12.1 Å². The Bertz CT molecular complexity index is 1030. The highest BCUT2D eigenvalue weighted by Crippen LogP contribution is 2.24. The molecule has 2 aromatic carbocycles. The molecule has 1 unspecified atom stereocenters. The van der Waals surface area contributed by atoms with Gasteiger partial charge in [0.1, 0.15) is 17.1 Å². The first-order chi connectivity index (χ1) is 16.5. The van der Waals surface area contributed by atoms with Crippen LogP contribution in [-0.2, 0) is 20.6 Å². The van der Waals surface area contributed by atoms with Crippen molar-refractivity contribution in [3.8, 4) is 11.5 Å². The zero-order chi connectivity index (χ0) is 25.6. The van der Waals surface area contributed by atoms with Crippen LogP contribution < -0.4 is 14.8 Å². The maximum Gasteiger partial charge on any atom is 0.514 e. The highest BCUT2D eigenvalue weighted by molar-refractivity contribution is 5.65. The highest BCUT2D eigenvalue weighted by atomic mass is 16.8. The van der Waals surface area contributed by atoms with E-state index in [9.17, 15) is 19.7 Å². The van der Waals surface area contributed by atoms with E-state index < -0.39 is 35.0 Å². The molecule has 0 spiro atoms. The van der Waals surface area contributed by atoms with Crippen LogP contribution in [0.25, 0.3) is 0 Å². The van der Waals surface area contributed by atoms with Gasteiger partial charge in [0.25, 0.3) is 5.69 Å². The van der Waals surface area contributed by atoms with E-state index in [2.05, 4.69) is 5.32 Å². The zero-order valence-electron chi connectivity index (χ0n) is 19.9. The van der Waals surface area contributed by atoms with Crippen molar-refractivity contribution in [2.75, 3.05) is 13.7 Å². The van der Waals surface area contributed by atoms with Crippen molar-refractivity contribution in [3.05, 3.63) is 64.2 Å². The minimum absolute atomic E-state index is 0.0721. The van der Waals surface area contributed by atoms with Gasteiger partial charge in [-0.2, -0.15) is 0 Å². The SMILES string of the molecule is COc1ccc(C[C@H]2NCC(OC(=O)OC(C)(C)C)[C@H]2OC(=O)Oc2ccc([N+](=O)[O-])cc2)cc1. The molecule has 1 aliphatic heterocycles. The summed E-state index contributed by atoms with van der Waals surface area (Å²) in [5.74, 6) is 0.779. The van der Waals surface area contributed by atoms with Crippen molar-refractivity contribution in [1.82, 2.24) is 5.32 Å². The Balaban J connectivity index is 1.71. The fourth-order valence-corrected chi connectivity index (χ4v) is 3.49. The average Bonchev–Trinajstić information content (AvgIpc) is 3.13. The lowest BCUT2D eigenvalue weighted by molar-refractivity contribution is -0.384. The van der Waals surface area contributed by atoms with Gasteiger partial charge < -0.3 is 29.0 Å². The van der Waals surface area contributed by atoms with Gasteiger partial charge >= 0.3 is 12.3 Å². The molecule has 3 rings (SSSR count). The lowest BCUT2D eigenvalue weighted by Crippen LogP contribution is -2.41. The number of carbonyl (C=O) groups excluding carboxylic acids is 2. The maximum atomic E-state index is 12.5. The number of rotatable bonds is 7. The molecule has 188 valence electrons. The van der Waals surface area contributed by atoms with Crippen LogP contribution in [0.4, 0.5) is 15.3 Å². The first-order valence-electron chi connectivity index (χ1n) is 10.9. The smallest absolute Gasteiger partial charge is 0.497 e. The molecule has 0 bridgehead atoms. The molecule has 0 aromatic heterocycles. The van der Waals surface area contributed by atoms with Gasteiger partial charge in [-0.3, -0.25) is 10.1 Å². The standard InChI is InChI=1S/C24H28N2O9/c1-24(2,3)35-23(28)33-20-14-25-19(13-15-5-9-17(31-4)10-6-15)21(20)34-22(27)32-18-11-7-16(8-12-18)26(29)30/h5-12,19-21,25H,13-14H2,1-4H3/t19-,20?,21+/m1/s1. The second-order valence-corrected chi connectivity index (χ2v) is 8.87. The number of benzene rings is 2. The summed E-state index contributed by atoms with van der Waals surface area (Å²) in [5, 5.41) is 14.0. The van der Waals surface area contributed by atoms with E-state index in [4.69, 9.17) is 23.7 Å². The molecule has 11 nitrogen and oxygen atoms in total. The zero-order valence-corrected chi connectivity index (χ0v) is 19.9. The summed E-state index contributed by atoms with van der Waals surface area (Å²) < 4.78 is 26.6. The summed E-state index contributed by atoms with van der Waals surface area (Å²) in [6.45, 7) is 5.37. The molecule has 2 aromatic rings. The number of nitro groups is 1. The first-order valence-corrected chi connectivity index (χ1v) is 10.9. The lowest BCUT2D eigenvalue weighted by Gasteiger charge is -2.25. The van der Waals surface area contributed by atoms with Gasteiger partial charge in [-0.05, 0) is 57.0 Å². The van der Waals surface area contributed by atoms with Crippen molar-refractivity contribution in [2.45, 2.75) is 51.0 Å². The molecular formula is C24H28N2O9. The molecule has 1 N–H and O–H groups in total. The van der Waals surface area contributed by atoms with Crippen LogP contribution in [0, 0.1) is 10.1 Å². The van der Waals surface area contributed by atoms with Crippen LogP contribution in [0.2, 0.25) is 0 Å². The first kappa shape index (κ1) is 25.8. The van der Waals surface area contributed by atoms with Gasteiger partial charge in [-0.25, -0.2) is 9.59 Å². The molecule has 3 atom stereocenters. The predicted molar refractivity (Wildman–Crippen MR) is 124 cm³/mol. The van der Waals surface area contributed by atoms with Crippen molar-refractivity contribution < 1.29 is 38.2 Å². The van der Waals surface area contributed by atoms with Gasteiger partial charge in [0, 0.05) is 18.7 Å². The largest absolute Gasteiger partial charge is 0.514 e. The molecule has 35 heavy (non-hydrogen) atoms. The Labute approximate surface area is 202 Å². The highest BCUT2D eigenvalue weighted by Gasteiger charge is 2.42. The molecule has 1 aliphatic rings. The van der Waals surface area contributed by atoms with Crippen LogP contribution in [0.15, 0.2) is 48.5 Å². The van der Waals surface area contributed by atoms with Crippen molar-refractivity contribution >= 4 is 18.0 Å². The normalized spacial score (nSPS) is 19.5. The van der Waals surface area contributed by atoms with Crippen LogP contribution >= 0.6 is 0 Å². The van der Waals surface area contributed by atoms with Crippen molar-refractivity contribution in [2.24, 2.45) is 0 Å². The fourth-order valence-electron chi connectivity index (χ4n) is 3.49. The Morgan fingerprint density at radius 1 is 1.00 bits per heavy atom. The summed E-state index contributed by atoms with van der Waals surface area (Å²) in [6.07, 6.45) is -3.15. The number of nitrogens with zero attached hydrogens (tertiary/aromatic N) is 1. The second-order valence-electron chi connectivity index (χ2n) is 8.87. The third-order valence-corrected chi connectivity index (χ3v) is 5.08. The topological polar surface area (TPSA) is 135 Å². The molecule has 0 radical (unpaired) electrons. The molecule has 11 heteroatoms. The second kappa shape index (κ2) is 11.0. The summed E-state index contributed by atoms with van der Waals surface area (Å²) in [4.78, 5) is 35.0. The number of nitrogens with one attached hydrogen (secondary N) is 1. The molecule has 0 aliphatic carbocycles. The third kappa shape index (κ3) is 7.57. The number of ether oxygens (including phenoxy) is 5. The molecule has 0 amide bonds. The monoisotopic (exact) mass is 488 g/mol. The average molecular weight is 488 g/mol. The van der Waals surface area contributed by atoms with Crippen molar-refractivity contribution in [1.29, 1.82) is 0 Å². The Morgan fingerprint density at radius 2 is 1.63 bits per heavy atom. The number of methoxy groups -OCH3 is 1. The third-order valence-electron chi connectivity index (χ3n) is 5.08. The van der Waals surface area contributed by atoms with Gasteiger partial charge in [0.15, 0.2) is 12.2 Å². The molecule has 1 saturated heterocycles. The van der Waals surface area contributed by atoms with Gasteiger partial charge in [0.05, 0.1) is 18.1 Å². The maximum absolute atomic E-state index is 12.5. The quantitative estimate of drug-likeness (QED) is 0.263. The molecule has 0 saturated carbocycles. The molecule has 1 fully saturated rings. The number of carbonyl (C=O) groups is 2. The molecular weight excluding hydrogens is 460 g/mol. The Hall–Kier alpha value is -3.86. The summed E-state index contributed by atoms with van der Waals surface area (Å²) in [7, 11) is 1.58. The number of nitro benzene ring substituents is 1. The van der Waals surface area contributed by atoms with E-state index in [-0.39, 0.29) is 24.0 Å². The van der Waals surface area contributed by atoms with Gasteiger partial charge in [0.2, 0.25) is 0 Å². The summed E-state index contributed by atoms with van der Waals surface area (Å²) in [5.41, 5.74) is 0.0474. The van der Waals surface area contributed by atoms with E-state index in [0.717, 1.165) is 5.56 Å². The minimum Gasteiger partial charge on any atom is -0.497 e. The van der Waals surface area contributed by atoms with E-state index in [1.807, 2.05) is 24.3 Å². The van der Waals surface area contributed by atoms with E-state index in [0.29, 0.717) is 12.2 Å².